The lowest BCUT2D eigenvalue weighted by molar-refractivity contribution is -0.137. The predicted octanol–water partition coefficient (Wildman–Crippen LogP) is 2.92. The highest BCUT2D eigenvalue weighted by molar-refractivity contribution is 6.01. The van der Waals surface area contributed by atoms with Crippen molar-refractivity contribution in [3.63, 3.8) is 0 Å². The SMILES string of the molecule is CCN1CCOC(C(=O)c2ccc(C(F)(F)F)cc2C)C1. The van der Waals surface area contributed by atoms with Crippen molar-refractivity contribution in [2.24, 2.45) is 0 Å². The fourth-order valence-corrected chi connectivity index (χ4v) is 2.44. The number of hydrogen-bond donors (Lipinski definition) is 0. The maximum atomic E-state index is 12.6. The minimum absolute atomic E-state index is 0.251. The van der Waals surface area contributed by atoms with E-state index in [1.807, 2.05) is 6.92 Å². The van der Waals surface area contributed by atoms with Crippen LogP contribution in [0, 0.1) is 6.92 Å². The average Bonchev–Trinajstić information content (AvgIpc) is 2.45. The fraction of sp³-hybridized carbons (Fsp3) is 0.533. The molecule has 6 heteroatoms. The normalized spacial score (nSPS) is 20.5. The number of hydrogen-bond acceptors (Lipinski definition) is 3. The van der Waals surface area contributed by atoms with Gasteiger partial charge in [0, 0.05) is 18.7 Å². The summed E-state index contributed by atoms with van der Waals surface area (Å²) < 4.78 is 43.4. The number of carbonyl (C=O) groups excluding carboxylic acids is 1. The van der Waals surface area contributed by atoms with E-state index in [9.17, 15) is 18.0 Å². The van der Waals surface area contributed by atoms with Gasteiger partial charge in [-0.25, -0.2) is 0 Å². The van der Waals surface area contributed by atoms with Crippen LogP contribution in [0.4, 0.5) is 13.2 Å². The minimum atomic E-state index is -4.40. The summed E-state index contributed by atoms with van der Waals surface area (Å²) >= 11 is 0. The van der Waals surface area contributed by atoms with E-state index in [2.05, 4.69) is 4.90 Å². The van der Waals surface area contributed by atoms with Gasteiger partial charge in [-0.1, -0.05) is 13.0 Å². The number of ether oxygens (including phenoxy) is 1. The topological polar surface area (TPSA) is 29.5 Å². The summed E-state index contributed by atoms with van der Waals surface area (Å²) in [5, 5.41) is 0. The van der Waals surface area contributed by atoms with Crippen LogP contribution in [-0.4, -0.2) is 43.0 Å². The van der Waals surface area contributed by atoms with Crippen LogP contribution in [0.3, 0.4) is 0 Å². The molecule has 1 aromatic carbocycles. The molecule has 0 saturated carbocycles. The maximum Gasteiger partial charge on any atom is 0.416 e. The van der Waals surface area contributed by atoms with Crippen molar-refractivity contribution in [1.29, 1.82) is 0 Å². The Morgan fingerprint density at radius 1 is 1.43 bits per heavy atom. The molecule has 1 aliphatic rings. The number of aryl methyl sites for hydroxylation is 1. The Kier molecular flexibility index (Phi) is 4.68. The molecule has 0 aromatic heterocycles. The van der Waals surface area contributed by atoms with Gasteiger partial charge in [0.15, 0.2) is 5.78 Å². The second-order valence-electron chi connectivity index (χ2n) is 5.14. The number of halogens is 3. The molecular formula is C15H18F3NO2. The first kappa shape index (κ1) is 16.0. The van der Waals surface area contributed by atoms with Gasteiger partial charge in [0.2, 0.25) is 0 Å². The van der Waals surface area contributed by atoms with E-state index in [-0.39, 0.29) is 5.78 Å². The molecule has 1 aliphatic heterocycles. The number of Topliss-reactive ketones (excluding diaryl/α,β-unsaturated/α-hetero) is 1. The third kappa shape index (κ3) is 3.63. The summed E-state index contributed by atoms with van der Waals surface area (Å²) in [4.78, 5) is 14.5. The van der Waals surface area contributed by atoms with E-state index in [1.165, 1.54) is 13.0 Å². The Balaban J connectivity index is 2.20. The lowest BCUT2D eigenvalue weighted by Gasteiger charge is -2.31. The fourth-order valence-electron chi connectivity index (χ4n) is 2.44. The summed E-state index contributed by atoms with van der Waals surface area (Å²) in [5.74, 6) is -0.251. The minimum Gasteiger partial charge on any atom is -0.367 e. The lowest BCUT2D eigenvalue weighted by atomic mass is 9.98. The molecule has 21 heavy (non-hydrogen) atoms. The average molecular weight is 301 g/mol. The molecule has 1 heterocycles. The summed E-state index contributed by atoms with van der Waals surface area (Å²) in [7, 11) is 0. The van der Waals surface area contributed by atoms with Crippen molar-refractivity contribution in [3.05, 3.63) is 34.9 Å². The molecule has 0 radical (unpaired) electrons. The van der Waals surface area contributed by atoms with Gasteiger partial charge in [-0.05, 0) is 31.2 Å². The van der Waals surface area contributed by atoms with Crippen LogP contribution >= 0.6 is 0 Å². The second kappa shape index (κ2) is 6.15. The molecule has 0 bridgehead atoms. The number of likely N-dealkylation sites (N-methyl/N-ethyl adjacent to an activating group) is 1. The number of carbonyl (C=O) groups is 1. The molecule has 0 aliphatic carbocycles. The number of nitrogens with zero attached hydrogens (tertiary/aromatic N) is 1. The van der Waals surface area contributed by atoms with Crippen molar-refractivity contribution in [2.75, 3.05) is 26.2 Å². The van der Waals surface area contributed by atoms with Crippen molar-refractivity contribution in [1.82, 2.24) is 4.90 Å². The van der Waals surface area contributed by atoms with Crippen LogP contribution in [0.5, 0.6) is 0 Å². The molecule has 1 unspecified atom stereocenters. The van der Waals surface area contributed by atoms with Gasteiger partial charge in [-0.15, -0.1) is 0 Å². The molecule has 1 saturated heterocycles. The number of morpholine rings is 1. The molecule has 0 spiro atoms. The van der Waals surface area contributed by atoms with Crippen LogP contribution in [0.1, 0.15) is 28.4 Å². The Hall–Kier alpha value is -1.40. The highest BCUT2D eigenvalue weighted by Crippen LogP contribution is 2.30. The third-order valence-electron chi connectivity index (χ3n) is 3.71. The monoisotopic (exact) mass is 301 g/mol. The van der Waals surface area contributed by atoms with Crippen molar-refractivity contribution < 1.29 is 22.7 Å². The first-order chi connectivity index (χ1) is 9.82. The molecule has 0 amide bonds. The molecule has 0 N–H and O–H groups in total. The largest absolute Gasteiger partial charge is 0.416 e. The van der Waals surface area contributed by atoms with Gasteiger partial charge in [0.05, 0.1) is 12.2 Å². The van der Waals surface area contributed by atoms with Gasteiger partial charge in [-0.3, -0.25) is 9.69 Å². The molecule has 1 fully saturated rings. The van der Waals surface area contributed by atoms with E-state index in [1.54, 1.807) is 0 Å². The van der Waals surface area contributed by atoms with Gasteiger partial charge in [0.25, 0.3) is 0 Å². The van der Waals surface area contributed by atoms with E-state index >= 15 is 0 Å². The number of rotatable bonds is 3. The van der Waals surface area contributed by atoms with Gasteiger partial charge in [-0.2, -0.15) is 13.2 Å². The number of ketones is 1. The highest BCUT2D eigenvalue weighted by Gasteiger charge is 2.32. The highest BCUT2D eigenvalue weighted by atomic mass is 19.4. The third-order valence-corrected chi connectivity index (χ3v) is 3.71. The van der Waals surface area contributed by atoms with Crippen molar-refractivity contribution >= 4 is 5.78 Å². The first-order valence-electron chi connectivity index (χ1n) is 6.89. The zero-order valence-electron chi connectivity index (χ0n) is 12.0. The van der Waals surface area contributed by atoms with E-state index in [4.69, 9.17) is 4.74 Å². The number of alkyl halides is 3. The van der Waals surface area contributed by atoms with Gasteiger partial charge >= 0.3 is 6.18 Å². The lowest BCUT2D eigenvalue weighted by Crippen LogP contribution is -2.46. The maximum absolute atomic E-state index is 12.6. The Morgan fingerprint density at radius 2 is 2.14 bits per heavy atom. The Labute approximate surface area is 121 Å². The van der Waals surface area contributed by atoms with Crippen LogP contribution in [0.25, 0.3) is 0 Å². The van der Waals surface area contributed by atoms with E-state index in [0.29, 0.717) is 24.3 Å². The summed E-state index contributed by atoms with van der Waals surface area (Å²) in [6.45, 7) is 6.05. The van der Waals surface area contributed by atoms with Crippen LogP contribution in [0.15, 0.2) is 18.2 Å². The first-order valence-corrected chi connectivity index (χ1v) is 6.89. The van der Waals surface area contributed by atoms with Gasteiger partial charge < -0.3 is 4.74 Å². The summed E-state index contributed by atoms with van der Waals surface area (Å²) in [6.07, 6.45) is -5.00. The zero-order valence-corrected chi connectivity index (χ0v) is 12.0. The van der Waals surface area contributed by atoms with Crippen molar-refractivity contribution in [2.45, 2.75) is 26.1 Å². The number of benzene rings is 1. The molecule has 2 rings (SSSR count). The van der Waals surface area contributed by atoms with Gasteiger partial charge in [0.1, 0.15) is 6.10 Å². The van der Waals surface area contributed by atoms with Crippen LogP contribution in [0.2, 0.25) is 0 Å². The van der Waals surface area contributed by atoms with Crippen LogP contribution in [-0.2, 0) is 10.9 Å². The molecule has 3 nitrogen and oxygen atoms in total. The van der Waals surface area contributed by atoms with Crippen LogP contribution < -0.4 is 0 Å². The Bertz CT molecular complexity index is 528. The predicted molar refractivity (Wildman–Crippen MR) is 72.4 cm³/mol. The van der Waals surface area contributed by atoms with E-state index in [0.717, 1.165) is 25.2 Å². The van der Waals surface area contributed by atoms with Crippen molar-refractivity contribution in [3.8, 4) is 0 Å². The second-order valence-corrected chi connectivity index (χ2v) is 5.14. The summed E-state index contributed by atoms with van der Waals surface area (Å²) in [5.41, 5.74) is -0.116. The van der Waals surface area contributed by atoms with E-state index < -0.39 is 17.8 Å². The Morgan fingerprint density at radius 3 is 2.71 bits per heavy atom. The smallest absolute Gasteiger partial charge is 0.367 e. The molecule has 116 valence electrons. The molecular weight excluding hydrogens is 283 g/mol. The quantitative estimate of drug-likeness (QED) is 0.804. The summed E-state index contributed by atoms with van der Waals surface area (Å²) in [6, 6.07) is 3.20. The zero-order chi connectivity index (χ0) is 15.6. The molecule has 1 atom stereocenters. The standard InChI is InChI=1S/C15H18F3NO2/c1-3-19-6-7-21-13(9-19)14(20)12-5-4-11(8-10(12)2)15(16,17)18/h4-5,8,13H,3,6-7,9H2,1-2H3. The molecule has 1 aromatic rings.